The Balaban J connectivity index is 2.47. The molecule has 0 aliphatic heterocycles. The lowest BCUT2D eigenvalue weighted by Crippen LogP contribution is -1.98. The summed E-state index contributed by atoms with van der Waals surface area (Å²) in [6.45, 7) is 4.42. The monoisotopic (exact) mass is 230 g/mol. The maximum Gasteiger partial charge on any atom is 0.222 e. The Bertz CT molecular complexity index is 486. The summed E-state index contributed by atoms with van der Waals surface area (Å²) in [7, 11) is 0. The number of hydrogen-bond donors (Lipinski definition) is 1. The second kappa shape index (κ2) is 5.04. The number of nitrogens with zero attached hydrogens (tertiary/aromatic N) is 1. The summed E-state index contributed by atoms with van der Waals surface area (Å²) in [5.41, 5.74) is 8.85. The van der Waals surface area contributed by atoms with Gasteiger partial charge in [0.15, 0.2) is 0 Å². The summed E-state index contributed by atoms with van der Waals surface area (Å²) in [5.74, 6) is 0.920. The van der Waals surface area contributed by atoms with Crippen LogP contribution in [0, 0.1) is 0 Å². The summed E-state index contributed by atoms with van der Waals surface area (Å²) < 4.78 is 4.95. The zero-order valence-corrected chi connectivity index (χ0v) is 10.3. The van der Waals surface area contributed by atoms with E-state index in [0.717, 1.165) is 24.1 Å². The highest BCUT2D eigenvalue weighted by Gasteiger charge is 2.14. The Morgan fingerprint density at radius 2 is 1.94 bits per heavy atom. The van der Waals surface area contributed by atoms with Crippen LogP contribution >= 0.6 is 0 Å². The predicted octanol–water partition coefficient (Wildman–Crippen LogP) is 3.83. The second-order valence-corrected chi connectivity index (χ2v) is 4.22. The Morgan fingerprint density at radius 3 is 2.53 bits per heavy atom. The summed E-state index contributed by atoms with van der Waals surface area (Å²) >= 11 is 0. The molecule has 1 heterocycles. The number of benzene rings is 1. The lowest BCUT2D eigenvalue weighted by molar-refractivity contribution is 0.439. The average molecular weight is 230 g/mol. The molecule has 0 saturated heterocycles. The van der Waals surface area contributed by atoms with Crippen molar-refractivity contribution < 1.29 is 4.52 Å². The largest absolute Gasteiger partial charge is 0.368 e. The highest BCUT2D eigenvalue weighted by Crippen LogP contribution is 2.32. The van der Waals surface area contributed by atoms with E-state index in [-0.39, 0.29) is 0 Å². The van der Waals surface area contributed by atoms with Crippen LogP contribution in [-0.4, -0.2) is 5.16 Å². The molecule has 0 spiro atoms. The summed E-state index contributed by atoms with van der Waals surface area (Å²) in [4.78, 5) is 0. The van der Waals surface area contributed by atoms with Gasteiger partial charge in [-0.25, -0.2) is 0 Å². The van der Waals surface area contributed by atoms with Crippen molar-refractivity contribution in [2.24, 2.45) is 0 Å². The topological polar surface area (TPSA) is 52.0 Å². The Kier molecular flexibility index (Phi) is 3.47. The fraction of sp³-hybridized carbons (Fsp3) is 0.357. The van der Waals surface area contributed by atoms with E-state index in [0.29, 0.717) is 11.8 Å². The van der Waals surface area contributed by atoms with Gasteiger partial charge in [0.2, 0.25) is 5.88 Å². The molecule has 2 aromatic rings. The number of rotatable bonds is 4. The molecule has 90 valence electrons. The Morgan fingerprint density at radius 1 is 1.24 bits per heavy atom. The van der Waals surface area contributed by atoms with Gasteiger partial charge in [-0.15, -0.1) is 0 Å². The average Bonchev–Trinajstić information content (AvgIpc) is 2.78. The number of nitrogen functional groups attached to an aromatic ring is 1. The third-order valence-corrected chi connectivity index (χ3v) is 3.19. The molecule has 0 amide bonds. The molecule has 2 rings (SSSR count). The van der Waals surface area contributed by atoms with Crippen LogP contribution in [0.1, 0.15) is 38.2 Å². The summed E-state index contributed by atoms with van der Waals surface area (Å²) in [6, 6.07) is 10.1. The third-order valence-electron chi connectivity index (χ3n) is 3.19. The molecule has 17 heavy (non-hydrogen) atoms. The molecule has 0 radical (unpaired) electrons. The van der Waals surface area contributed by atoms with Crippen molar-refractivity contribution in [1.82, 2.24) is 5.16 Å². The lowest BCUT2D eigenvalue weighted by atomic mass is 9.89. The van der Waals surface area contributed by atoms with Gasteiger partial charge in [-0.1, -0.05) is 43.3 Å². The molecule has 0 atom stereocenters. The lowest BCUT2D eigenvalue weighted by Gasteiger charge is -2.16. The number of hydrogen-bond acceptors (Lipinski definition) is 3. The van der Waals surface area contributed by atoms with Crippen molar-refractivity contribution >= 4 is 5.88 Å². The molecule has 0 fully saturated rings. The number of anilines is 1. The molecule has 3 nitrogen and oxygen atoms in total. The van der Waals surface area contributed by atoms with Gasteiger partial charge in [-0.3, -0.25) is 0 Å². The zero-order valence-electron chi connectivity index (χ0n) is 10.3. The summed E-state index contributed by atoms with van der Waals surface area (Å²) in [6.07, 6.45) is 2.25. The van der Waals surface area contributed by atoms with Crippen molar-refractivity contribution in [3.63, 3.8) is 0 Å². The van der Waals surface area contributed by atoms with Gasteiger partial charge in [0.25, 0.3) is 0 Å². The van der Waals surface area contributed by atoms with E-state index in [9.17, 15) is 0 Å². The molecular weight excluding hydrogens is 212 g/mol. The number of nitrogens with two attached hydrogens (primary N) is 1. The molecule has 0 unspecified atom stereocenters. The smallest absolute Gasteiger partial charge is 0.222 e. The van der Waals surface area contributed by atoms with Crippen LogP contribution in [0.3, 0.4) is 0 Å². The van der Waals surface area contributed by atoms with E-state index in [1.165, 1.54) is 5.56 Å². The molecule has 1 aromatic carbocycles. The predicted molar refractivity (Wildman–Crippen MR) is 69.7 cm³/mol. The maximum absolute atomic E-state index is 5.58. The standard InChI is InChI=1S/C14H18N2O/c1-3-10(4-2)11-7-5-6-8-12(11)13-9-14(15)17-16-13/h5-10H,3-4,15H2,1-2H3. The first-order valence-electron chi connectivity index (χ1n) is 6.07. The van der Waals surface area contributed by atoms with Crippen molar-refractivity contribution in [2.45, 2.75) is 32.6 Å². The fourth-order valence-electron chi connectivity index (χ4n) is 2.23. The van der Waals surface area contributed by atoms with Crippen LogP contribution in [0.4, 0.5) is 5.88 Å². The molecule has 1 aromatic heterocycles. The van der Waals surface area contributed by atoms with E-state index in [4.69, 9.17) is 10.3 Å². The van der Waals surface area contributed by atoms with Crippen molar-refractivity contribution in [3.8, 4) is 11.3 Å². The normalized spacial score (nSPS) is 11.0. The Labute approximate surface area is 102 Å². The third kappa shape index (κ3) is 2.33. The van der Waals surface area contributed by atoms with Crippen LogP contribution in [-0.2, 0) is 0 Å². The van der Waals surface area contributed by atoms with Gasteiger partial charge in [-0.2, -0.15) is 0 Å². The van der Waals surface area contributed by atoms with Crippen LogP contribution in [0.25, 0.3) is 11.3 Å². The van der Waals surface area contributed by atoms with Crippen LogP contribution in [0.2, 0.25) is 0 Å². The highest BCUT2D eigenvalue weighted by atomic mass is 16.5. The van der Waals surface area contributed by atoms with Crippen molar-refractivity contribution in [3.05, 3.63) is 35.9 Å². The molecular formula is C14H18N2O. The maximum atomic E-state index is 5.58. The van der Waals surface area contributed by atoms with Crippen LogP contribution in [0.5, 0.6) is 0 Å². The SMILES string of the molecule is CCC(CC)c1ccccc1-c1cc(N)on1. The van der Waals surface area contributed by atoms with E-state index in [1.807, 2.05) is 6.07 Å². The van der Waals surface area contributed by atoms with Gasteiger partial charge < -0.3 is 10.3 Å². The van der Waals surface area contributed by atoms with E-state index in [2.05, 4.69) is 37.2 Å². The molecule has 0 bridgehead atoms. The van der Waals surface area contributed by atoms with Gasteiger partial charge in [0.1, 0.15) is 5.69 Å². The fourth-order valence-corrected chi connectivity index (χ4v) is 2.23. The van der Waals surface area contributed by atoms with E-state index < -0.39 is 0 Å². The van der Waals surface area contributed by atoms with Gasteiger partial charge in [0.05, 0.1) is 0 Å². The minimum absolute atomic E-state index is 0.361. The van der Waals surface area contributed by atoms with Gasteiger partial charge in [0, 0.05) is 11.6 Å². The minimum Gasteiger partial charge on any atom is -0.368 e. The molecule has 3 heteroatoms. The molecule has 0 aliphatic carbocycles. The molecule has 0 aliphatic rings. The van der Waals surface area contributed by atoms with E-state index in [1.54, 1.807) is 6.07 Å². The Hall–Kier alpha value is -1.77. The van der Waals surface area contributed by atoms with Crippen LogP contribution < -0.4 is 5.73 Å². The summed E-state index contributed by atoms with van der Waals surface area (Å²) in [5, 5.41) is 4.00. The van der Waals surface area contributed by atoms with Crippen molar-refractivity contribution in [2.75, 3.05) is 5.73 Å². The minimum atomic E-state index is 0.361. The zero-order chi connectivity index (χ0) is 12.3. The first-order chi connectivity index (χ1) is 8.26. The first-order valence-corrected chi connectivity index (χ1v) is 6.07. The molecule has 2 N–H and O–H groups in total. The van der Waals surface area contributed by atoms with Gasteiger partial charge >= 0.3 is 0 Å². The van der Waals surface area contributed by atoms with E-state index >= 15 is 0 Å². The number of aromatic nitrogens is 1. The molecule has 0 saturated carbocycles. The second-order valence-electron chi connectivity index (χ2n) is 4.22. The van der Waals surface area contributed by atoms with Gasteiger partial charge in [-0.05, 0) is 24.3 Å². The van der Waals surface area contributed by atoms with Crippen molar-refractivity contribution in [1.29, 1.82) is 0 Å². The highest BCUT2D eigenvalue weighted by molar-refractivity contribution is 5.66. The quantitative estimate of drug-likeness (QED) is 0.868. The first kappa shape index (κ1) is 11.7. The van der Waals surface area contributed by atoms with Crippen LogP contribution in [0.15, 0.2) is 34.9 Å².